The zero-order valence-corrected chi connectivity index (χ0v) is 13.3. The lowest BCUT2D eigenvalue weighted by atomic mass is 10.1. The van der Waals surface area contributed by atoms with Gasteiger partial charge in [-0.25, -0.2) is 9.59 Å². The Bertz CT molecular complexity index is 465. The molecule has 3 N–H and O–H groups in total. The molecule has 118 valence electrons. The third kappa shape index (κ3) is 5.98. The van der Waals surface area contributed by atoms with Gasteiger partial charge in [0, 0.05) is 10.5 Å². The summed E-state index contributed by atoms with van der Waals surface area (Å²) in [7, 11) is 1.28. The van der Waals surface area contributed by atoms with E-state index in [0.717, 1.165) is 6.42 Å². The zero-order chi connectivity index (χ0) is 15.9. The Balaban J connectivity index is 2.57. The second-order valence-electron chi connectivity index (χ2n) is 4.83. The van der Waals surface area contributed by atoms with Crippen molar-refractivity contribution >= 4 is 29.7 Å². The lowest BCUT2D eigenvalue weighted by Crippen LogP contribution is -2.46. The van der Waals surface area contributed by atoms with Crippen LogP contribution in [0.15, 0.2) is 0 Å². The second kappa shape index (κ2) is 7.81. The number of tetrazole rings is 1. The molecule has 21 heavy (non-hydrogen) atoms. The van der Waals surface area contributed by atoms with Crippen LogP contribution >= 0.6 is 11.8 Å². The van der Waals surface area contributed by atoms with Gasteiger partial charge in [0.05, 0.1) is 7.11 Å². The van der Waals surface area contributed by atoms with E-state index in [1.165, 1.54) is 7.11 Å². The van der Waals surface area contributed by atoms with Crippen LogP contribution in [-0.4, -0.2) is 56.3 Å². The highest BCUT2D eigenvalue weighted by molar-refractivity contribution is 8.00. The molecule has 1 heterocycles. The Hall–Kier alpha value is -1.84. The van der Waals surface area contributed by atoms with Gasteiger partial charge in [0.2, 0.25) is 0 Å². The molecule has 0 spiro atoms. The van der Waals surface area contributed by atoms with E-state index in [9.17, 15) is 9.59 Å². The van der Waals surface area contributed by atoms with Gasteiger partial charge in [0.1, 0.15) is 6.04 Å². The third-order valence-electron chi connectivity index (χ3n) is 2.85. The number of aromatic nitrogens is 4. The van der Waals surface area contributed by atoms with Crippen LogP contribution in [0.1, 0.15) is 27.2 Å². The molecule has 0 aliphatic heterocycles. The van der Waals surface area contributed by atoms with Crippen molar-refractivity contribution in [1.29, 1.82) is 0 Å². The summed E-state index contributed by atoms with van der Waals surface area (Å²) in [6, 6.07) is -1.35. The average molecular weight is 316 g/mol. The highest BCUT2D eigenvalue weighted by Crippen LogP contribution is 2.28. The summed E-state index contributed by atoms with van der Waals surface area (Å²) < 4.78 is 4.71. The van der Waals surface area contributed by atoms with Gasteiger partial charge < -0.3 is 10.1 Å². The number of amides is 2. The molecule has 10 heteroatoms. The fourth-order valence-corrected chi connectivity index (χ4v) is 2.27. The maximum atomic E-state index is 11.8. The first-order chi connectivity index (χ1) is 9.88. The number of nitrogens with one attached hydrogen (secondary N) is 3. The van der Waals surface area contributed by atoms with E-state index >= 15 is 0 Å². The van der Waals surface area contributed by atoms with Crippen LogP contribution in [-0.2, 0) is 9.53 Å². The third-order valence-corrected chi connectivity index (χ3v) is 4.42. The number of nitrogens with zero attached hydrogens (tertiary/aromatic N) is 3. The largest absolute Gasteiger partial charge is 0.467 e. The highest BCUT2D eigenvalue weighted by Gasteiger charge is 2.25. The van der Waals surface area contributed by atoms with Gasteiger partial charge >= 0.3 is 12.0 Å². The molecule has 1 unspecified atom stereocenters. The van der Waals surface area contributed by atoms with Crippen molar-refractivity contribution in [1.82, 2.24) is 25.9 Å². The van der Waals surface area contributed by atoms with Gasteiger partial charge in [0.25, 0.3) is 5.95 Å². The summed E-state index contributed by atoms with van der Waals surface area (Å²) >= 11 is 1.59. The Morgan fingerprint density at radius 1 is 1.48 bits per heavy atom. The molecule has 0 radical (unpaired) electrons. The Morgan fingerprint density at radius 3 is 2.71 bits per heavy atom. The smallest absolute Gasteiger partial charge is 0.329 e. The number of esters is 1. The Morgan fingerprint density at radius 2 is 2.19 bits per heavy atom. The number of aromatic amines is 1. The minimum Gasteiger partial charge on any atom is -0.467 e. The van der Waals surface area contributed by atoms with Crippen LogP contribution in [0.2, 0.25) is 0 Å². The number of H-pyrrole nitrogens is 1. The summed E-state index contributed by atoms with van der Waals surface area (Å²) in [5, 5.41) is 17.6. The zero-order valence-electron chi connectivity index (χ0n) is 12.5. The van der Waals surface area contributed by atoms with Crippen molar-refractivity contribution in [3.8, 4) is 0 Å². The van der Waals surface area contributed by atoms with Crippen molar-refractivity contribution in [3.63, 3.8) is 0 Å². The second-order valence-corrected chi connectivity index (χ2v) is 6.56. The number of hydrogen-bond acceptors (Lipinski definition) is 7. The molecule has 0 aromatic carbocycles. The number of urea groups is 1. The van der Waals surface area contributed by atoms with Crippen molar-refractivity contribution in [3.05, 3.63) is 0 Å². The van der Waals surface area contributed by atoms with E-state index in [4.69, 9.17) is 4.74 Å². The molecule has 1 aromatic heterocycles. The van der Waals surface area contributed by atoms with Crippen molar-refractivity contribution in [2.75, 3.05) is 18.2 Å². The van der Waals surface area contributed by atoms with Gasteiger partial charge in [-0.15, -0.1) is 5.10 Å². The van der Waals surface area contributed by atoms with E-state index in [2.05, 4.69) is 52.0 Å². The van der Waals surface area contributed by atoms with Crippen molar-refractivity contribution in [2.45, 2.75) is 38.0 Å². The number of thioether (sulfide) groups is 1. The van der Waals surface area contributed by atoms with Crippen LogP contribution in [0.4, 0.5) is 10.7 Å². The maximum Gasteiger partial charge on any atom is 0.329 e. The number of carbonyl (C=O) groups is 2. The number of ether oxygens (including phenoxy) is 1. The predicted octanol–water partition coefficient (Wildman–Crippen LogP) is 0.785. The summed E-state index contributed by atoms with van der Waals surface area (Å²) in [5.74, 6) is -0.0667. The molecular formula is C11H20N6O3S. The molecule has 0 bridgehead atoms. The molecular weight excluding hydrogens is 296 g/mol. The standard InChI is InChI=1S/C11H20N6O3S/c1-5-11(2,3)21-6-7(8(18)20-4)12-10(19)13-9-14-16-17-15-9/h7H,5-6H2,1-4H3,(H3,12,13,14,15,16,17,19). The summed E-state index contributed by atoms with van der Waals surface area (Å²) in [4.78, 5) is 23.5. The molecule has 0 aliphatic rings. The molecule has 0 saturated carbocycles. The van der Waals surface area contributed by atoms with E-state index in [-0.39, 0.29) is 10.7 Å². The van der Waals surface area contributed by atoms with Crippen LogP contribution < -0.4 is 10.6 Å². The fraction of sp³-hybridized carbons (Fsp3) is 0.727. The SMILES string of the molecule is CCC(C)(C)SCC(NC(=O)Nc1nn[nH]n1)C(=O)OC. The molecule has 1 atom stereocenters. The predicted molar refractivity (Wildman–Crippen MR) is 79.0 cm³/mol. The number of rotatable bonds is 7. The topological polar surface area (TPSA) is 122 Å². The van der Waals surface area contributed by atoms with Gasteiger partial charge in [-0.3, -0.25) is 5.32 Å². The summed E-state index contributed by atoms with van der Waals surface area (Å²) in [5.41, 5.74) is 0. The van der Waals surface area contributed by atoms with E-state index in [1.54, 1.807) is 11.8 Å². The molecule has 9 nitrogen and oxygen atoms in total. The molecule has 0 fully saturated rings. The van der Waals surface area contributed by atoms with Gasteiger partial charge in [-0.1, -0.05) is 25.9 Å². The first kappa shape index (κ1) is 17.2. The normalized spacial score (nSPS) is 12.6. The van der Waals surface area contributed by atoms with Crippen LogP contribution in [0.5, 0.6) is 0 Å². The quantitative estimate of drug-likeness (QED) is 0.635. The first-order valence-electron chi connectivity index (χ1n) is 6.40. The molecule has 0 aliphatic carbocycles. The highest BCUT2D eigenvalue weighted by atomic mass is 32.2. The Kier molecular flexibility index (Phi) is 6.40. The number of hydrogen-bond donors (Lipinski definition) is 3. The van der Waals surface area contributed by atoms with Crippen LogP contribution in [0, 0.1) is 0 Å². The minimum atomic E-state index is -0.752. The lowest BCUT2D eigenvalue weighted by Gasteiger charge is -2.24. The molecule has 2 amide bonds. The molecule has 1 aromatic rings. The van der Waals surface area contributed by atoms with Crippen LogP contribution in [0.25, 0.3) is 0 Å². The van der Waals surface area contributed by atoms with E-state index in [0.29, 0.717) is 5.75 Å². The van der Waals surface area contributed by atoms with Gasteiger partial charge in [-0.2, -0.15) is 17.0 Å². The fourth-order valence-electron chi connectivity index (χ4n) is 1.23. The van der Waals surface area contributed by atoms with Gasteiger partial charge in [0.15, 0.2) is 0 Å². The van der Waals surface area contributed by atoms with E-state index in [1.807, 2.05) is 0 Å². The number of methoxy groups -OCH3 is 1. The monoisotopic (exact) mass is 316 g/mol. The molecule has 0 saturated heterocycles. The first-order valence-corrected chi connectivity index (χ1v) is 7.39. The van der Waals surface area contributed by atoms with Crippen LogP contribution in [0.3, 0.4) is 0 Å². The van der Waals surface area contributed by atoms with Gasteiger partial charge in [-0.05, 0) is 11.6 Å². The molecule has 1 rings (SSSR count). The van der Waals surface area contributed by atoms with E-state index < -0.39 is 18.0 Å². The summed E-state index contributed by atoms with van der Waals surface area (Å²) in [6.07, 6.45) is 0.945. The number of anilines is 1. The lowest BCUT2D eigenvalue weighted by molar-refractivity contribution is -0.142. The minimum absolute atomic E-state index is 0.0120. The Labute approximate surface area is 127 Å². The van der Waals surface area contributed by atoms with Crippen molar-refractivity contribution in [2.24, 2.45) is 0 Å². The maximum absolute atomic E-state index is 11.8. The average Bonchev–Trinajstić information content (AvgIpc) is 2.95. The number of carbonyl (C=O) groups excluding carboxylic acids is 2. The summed E-state index contributed by atoms with van der Waals surface area (Å²) in [6.45, 7) is 6.22. The van der Waals surface area contributed by atoms with Crippen molar-refractivity contribution < 1.29 is 14.3 Å².